The lowest BCUT2D eigenvalue weighted by molar-refractivity contribution is 0.355. The quantitative estimate of drug-likeness (QED) is 0.616. The van der Waals surface area contributed by atoms with Crippen LogP contribution in [-0.2, 0) is 0 Å². The van der Waals surface area contributed by atoms with Gasteiger partial charge in [-0.1, -0.05) is 0 Å². The number of ether oxygens (including phenoxy) is 2. The van der Waals surface area contributed by atoms with Crippen LogP contribution in [0.1, 0.15) is 0 Å². The fourth-order valence-electron chi connectivity index (χ4n) is 2.79. The molecule has 3 aromatic heterocycles. The van der Waals surface area contributed by atoms with Gasteiger partial charge in [0.2, 0.25) is 0 Å². The van der Waals surface area contributed by atoms with E-state index >= 15 is 0 Å². The summed E-state index contributed by atoms with van der Waals surface area (Å²) >= 11 is 0. The van der Waals surface area contributed by atoms with E-state index < -0.39 is 0 Å². The number of hydrogen-bond acceptors (Lipinski definition) is 4. The maximum absolute atomic E-state index is 12.4. The van der Waals surface area contributed by atoms with Crippen molar-refractivity contribution >= 4 is 27.5 Å². The zero-order valence-electron chi connectivity index (χ0n) is 12.1. The molecular formula is C16H13N3O3. The van der Waals surface area contributed by atoms with Crippen LogP contribution in [0, 0.1) is 0 Å². The Labute approximate surface area is 124 Å². The van der Waals surface area contributed by atoms with Crippen LogP contribution >= 0.6 is 0 Å². The van der Waals surface area contributed by atoms with E-state index in [1.807, 2.05) is 28.8 Å². The molecule has 0 aliphatic carbocycles. The van der Waals surface area contributed by atoms with Crippen molar-refractivity contribution in [3.8, 4) is 11.5 Å². The molecule has 0 saturated heterocycles. The Kier molecular flexibility index (Phi) is 2.59. The predicted molar refractivity (Wildman–Crippen MR) is 83.9 cm³/mol. The maximum atomic E-state index is 12.4. The normalized spacial score (nSPS) is 11.4. The molecule has 0 amide bonds. The monoisotopic (exact) mass is 295 g/mol. The number of H-pyrrole nitrogens is 1. The van der Waals surface area contributed by atoms with Crippen molar-refractivity contribution in [3.63, 3.8) is 0 Å². The first-order valence-corrected chi connectivity index (χ1v) is 6.76. The molecule has 1 N–H and O–H groups in total. The van der Waals surface area contributed by atoms with Crippen LogP contribution in [0.3, 0.4) is 0 Å². The molecule has 4 aromatic rings. The number of fused-ring (bicyclic) bond motifs is 5. The minimum Gasteiger partial charge on any atom is -0.493 e. The van der Waals surface area contributed by atoms with Gasteiger partial charge in [-0.05, 0) is 12.1 Å². The number of methoxy groups -OCH3 is 2. The van der Waals surface area contributed by atoms with Gasteiger partial charge in [0.15, 0.2) is 11.5 Å². The second kappa shape index (κ2) is 4.49. The molecule has 0 bridgehead atoms. The van der Waals surface area contributed by atoms with Crippen LogP contribution in [0.15, 0.2) is 41.5 Å². The zero-order chi connectivity index (χ0) is 15.3. The molecule has 0 aliphatic heterocycles. The lowest BCUT2D eigenvalue weighted by atomic mass is 10.2. The molecule has 6 heteroatoms. The standard InChI is InChI=1S/C16H13N3O3/c1-21-12-6-10-11(7-13(12)22-2)19-8-9-4-3-5-17-14(9)15(19)16(20)18-10/h3-8H,1-2H3,(H,18,20). The highest BCUT2D eigenvalue weighted by Crippen LogP contribution is 2.32. The number of nitrogens with one attached hydrogen (secondary N) is 1. The summed E-state index contributed by atoms with van der Waals surface area (Å²) in [4.78, 5) is 19.6. The van der Waals surface area contributed by atoms with Crippen molar-refractivity contribution in [1.82, 2.24) is 14.4 Å². The van der Waals surface area contributed by atoms with Gasteiger partial charge in [0.05, 0.1) is 25.3 Å². The average molecular weight is 295 g/mol. The van der Waals surface area contributed by atoms with E-state index in [2.05, 4.69) is 9.97 Å². The Balaban J connectivity index is 2.25. The topological polar surface area (TPSA) is 68.6 Å². The molecule has 0 atom stereocenters. The highest BCUT2D eigenvalue weighted by atomic mass is 16.5. The first-order valence-electron chi connectivity index (χ1n) is 6.76. The van der Waals surface area contributed by atoms with E-state index in [-0.39, 0.29) is 5.56 Å². The van der Waals surface area contributed by atoms with Gasteiger partial charge >= 0.3 is 0 Å². The predicted octanol–water partition coefficient (Wildman–Crippen LogP) is 2.35. The summed E-state index contributed by atoms with van der Waals surface area (Å²) in [6.07, 6.45) is 3.59. The second-order valence-electron chi connectivity index (χ2n) is 4.97. The lowest BCUT2D eigenvalue weighted by Crippen LogP contribution is -2.10. The van der Waals surface area contributed by atoms with Crippen LogP contribution in [-0.4, -0.2) is 28.6 Å². The van der Waals surface area contributed by atoms with Crippen LogP contribution in [0.25, 0.3) is 27.5 Å². The van der Waals surface area contributed by atoms with Gasteiger partial charge in [0.25, 0.3) is 5.56 Å². The molecule has 3 heterocycles. The van der Waals surface area contributed by atoms with Crippen molar-refractivity contribution in [3.05, 3.63) is 47.0 Å². The Hall–Kier alpha value is -3.02. The Morgan fingerprint density at radius 2 is 1.95 bits per heavy atom. The van der Waals surface area contributed by atoms with Crippen LogP contribution in [0.5, 0.6) is 11.5 Å². The van der Waals surface area contributed by atoms with Crippen molar-refractivity contribution in [2.24, 2.45) is 0 Å². The van der Waals surface area contributed by atoms with Gasteiger partial charge in [0.1, 0.15) is 11.0 Å². The van der Waals surface area contributed by atoms with Crippen LogP contribution < -0.4 is 15.0 Å². The number of pyridine rings is 1. The number of hydrogen-bond donors (Lipinski definition) is 1. The molecule has 22 heavy (non-hydrogen) atoms. The van der Waals surface area contributed by atoms with Gasteiger partial charge in [-0.2, -0.15) is 0 Å². The second-order valence-corrected chi connectivity index (χ2v) is 4.97. The van der Waals surface area contributed by atoms with Crippen molar-refractivity contribution < 1.29 is 9.47 Å². The minimum absolute atomic E-state index is 0.187. The summed E-state index contributed by atoms with van der Waals surface area (Å²) in [6, 6.07) is 7.38. The van der Waals surface area contributed by atoms with E-state index in [1.165, 1.54) is 0 Å². The maximum Gasteiger partial charge on any atom is 0.274 e. The summed E-state index contributed by atoms with van der Waals surface area (Å²) in [5.41, 5.74) is 2.52. The van der Waals surface area contributed by atoms with E-state index in [0.29, 0.717) is 28.0 Å². The van der Waals surface area contributed by atoms with E-state index in [1.54, 1.807) is 26.5 Å². The molecule has 6 nitrogen and oxygen atoms in total. The first-order chi connectivity index (χ1) is 10.7. The highest BCUT2D eigenvalue weighted by Gasteiger charge is 2.14. The van der Waals surface area contributed by atoms with E-state index in [9.17, 15) is 4.79 Å². The summed E-state index contributed by atoms with van der Waals surface area (Å²) in [5.74, 6) is 1.17. The summed E-state index contributed by atoms with van der Waals surface area (Å²) < 4.78 is 12.5. The first kappa shape index (κ1) is 12.7. The molecule has 0 aliphatic rings. The number of benzene rings is 1. The number of aromatic amines is 1. The molecule has 0 spiro atoms. The summed E-state index contributed by atoms with van der Waals surface area (Å²) in [7, 11) is 3.15. The fraction of sp³-hybridized carbons (Fsp3) is 0.125. The molecule has 1 aromatic carbocycles. The third-order valence-corrected chi connectivity index (χ3v) is 3.80. The molecule has 0 unspecified atom stereocenters. The third-order valence-electron chi connectivity index (χ3n) is 3.80. The highest BCUT2D eigenvalue weighted by molar-refractivity contribution is 5.97. The Morgan fingerprint density at radius 3 is 2.73 bits per heavy atom. The number of nitrogens with zero attached hydrogens (tertiary/aromatic N) is 2. The Bertz CT molecular complexity index is 1080. The van der Waals surface area contributed by atoms with Crippen molar-refractivity contribution in [2.45, 2.75) is 0 Å². The van der Waals surface area contributed by atoms with Crippen molar-refractivity contribution in [1.29, 1.82) is 0 Å². The smallest absolute Gasteiger partial charge is 0.274 e. The average Bonchev–Trinajstić information content (AvgIpc) is 2.94. The van der Waals surface area contributed by atoms with Gasteiger partial charge in [0, 0.05) is 29.9 Å². The van der Waals surface area contributed by atoms with E-state index in [4.69, 9.17) is 9.47 Å². The number of rotatable bonds is 2. The third kappa shape index (κ3) is 1.60. The summed E-state index contributed by atoms with van der Waals surface area (Å²) in [5, 5.41) is 0.912. The van der Waals surface area contributed by atoms with Crippen LogP contribution in [0.4, 0.5) is 0 Å². The lowest BCUT2D eigenvalue weighted by Gasteiger charge is -2.10. The minimum atomic E-state index is -0.187. The molecule has 0 radical (unpaired) electrons. The molecule has 0 fully saturated rings. The van der Waals surface area contributed by atoms with Gasteiger partial charge in [-0.25, -0.2) is 0 Å². The zero-order valence-corrected chi connectivity index (χ0v) is 12.1. The largest absolute Gasteiger partial charge is 0.493 e. The summed E-state index contributed by atoms with van der Waals surface area (Å²) in [6.45, 7) is 0. The van der Waals surface area contributed by atoms with Crippen LogP contribution in [0.2, 0.25) is 0 Å². The van der Waals surface area contributed by atoms with Gasteiger partial charge < -0.3 is 18.9 Å². The molecule has 0 saturated carbocycles. The SMILES string of the molecule is COc1cc2[nH]c(=O)c3c4ncccc4cn3c2cc1OC. The molecule has 110 valence electrons. The van der Waals surface area contributed by atoms with Gasteiger partial charge in [-0.15, -0.1) is 0 Å². The van der Waals surface area contributed by atoms with E-state index in [0.717, 1.165) is 10.9 Å². The Morgan fingerprint density at radius 1 is 1.18 bits per heavy atom. The van der Waals surface area contributed by atoms with Gasteiger partial charge in [-0.3, -0.25) is 9.78 Å². The van der Waals surface area contributed by atoms with Crippen molar-refractivity contribution in [2.75, 3.05) is 14.2 Å². The molecule has 4 rings (SSSR count). The number of aromatic nitrogens is 3. The molecular weight excluding hydrogens is 282 g/mol. The fourth-order valence-corrected chi connectivity index (χ4v) is 2.79.